The molecule has 16 heavy (non-hydrogen) atoms. The Morgan fingerprint density at radius 1 is 1.12 bits per heavy atom. The van der Waals surface area contributed by atoms with Crippen LogP contribution in [0, 0.1) is 6.92 Å². The molecule has 0 unspecified atom stereocenters. The second-order valence-electron chi connectivity index (χ2n) is 3.29. The third kappa shape index (κ3) is 1.62. The first kappa shape index (κ1) is 10.5. The molecule has 2 aromatic rings. The molecule has 0 N–H and O–H groups in total. The van der Waals surface area contributed by atoms with E-state index in [0.29, 0.717) is 22.6 Å². The van der Waals surface area contributed by atoms with Crippen LogP contribution in [0.15, 0.2) is 27.4 Å². The van der Waals surface area contributed by atoms with Crippen LogP contribution in [-0.2, 0) is 0 Å². The van der Waals surface area contributed by atoms with Crippen LogP contribution in [0.25, 0.3) is 11.0 Å². The first-order valence-corrected chi connectivity index (χ1v) is 4.67. The van der Waals surface area contributed by atoms with Crippen LogP contribution in [0.5, 0.6) is 11.5 Å². The molecule has 4 nitrogen and oxygen atoms in total. The van der Waals surface area contributed by atoms with Gasteiger partial charge < -0.3 is 13.9 Å². The van der Waals surface area contributed by atoms with Gasteiger partial charge in [0.1, 0.15) is 5.58 Å². The second-order valence-corrected chi connectivity index (χ2v) is 3.29. The molecule has 83 valence electrons. The maximum absolute atomic E-state index is 11.2. The van der Waals surface area contributed by atoms with Gasteiger partial charge in [0.15, 0.2) is 11.5 Å². The van der Waals surface area contributed by atoms with E-state index in [4.69, 9.17) is 13.9 Å². The summed E-state index contributed by atoms with van der Waals surface area (Å²) in [5.41, 5.74) is 0.618. The Labute approximate surface area is 92.4 Å². The number of fused-ring (bicyclic) bond motifs is 1. The molecule has 0 aliphatic carbocycles. The van der Waals surface area contributed by atoms with Crippen molar-refractivity contribution < 1.29 is 13.9 Å². The molecule has 0 saturated carbocycles. The average Bonchev–Trinajstić information content (AvgIpc) is 2.27. The van der Waals surface area contributed by atoms with Crippen LogP contribution in [0.3, 0.4) is 0 Å². The molecule has 0 spiro atoms. The van der Waals surface area contributed by atoms with Crippen molar-refractivity contribution >= 4 is 11.0 Å². The minimum atomic E-state index is -0.426. The highest BCUT2D eigenvalue weighted by Crippen LogP contribution is 2.32. The summed E-state index contributed by atoms with van der Waals surface area (Å²) in [5.74, 6) is 1.09. The van der Waals surface area contributed by atoms with E-state index >= 15 is 0 Å². The standard InChI is InChI=1S/C12H11O4/c1-7-4-12(13)16-9-6-11(15-3)10(14-2)5-8(7)9/h4-6H,1H2,2-3H3. The Morgan fingerprint density at radius 2 is 1.75 bits per heavy atom. The number of rotatable bonds is 2. The summed E-state index contributed by atoms with van der Waals surface area (Å²) in [4.78, 5) is 11.2. The molecule has 4 heteroatoms. The molecule has 0 saturated heterocycles. The number of ether oxygens (including phenoxy) is 2. The van der Waals surface area contributed by atoms with Crippen molar-refractivity contribution in [2.45, 2.75) is 0 Å². The highest BCUT2D eigenvalue weighted by Gasteiger charge is 2.09. The Morgan fingerprint density at radius 3 is 2.38 bits per heavy atom. The zero-order chi connectivity index (χ0) is 11.7. The predicted molar refractivity (Wildman–Crippen MR) is 60.0 cm³/mol. The third-order valence-electron chi connectivity index (χ3n) is 2.33. The monoisotopic (exact) mass is 219 g/mol. The lowest BCUT2D eigenvalue weighted by molar-refractivity contribution is 0.355. The fourth-order valence-electron chi connectivity index (χ4n) is 1.55. The molecule has 1 aromatic heterocycles. The van der Waals surface area contributed by atoms with Gasteiger partial charge in [-0.2, -0.15) is 0 Å². The number of hydrogen-bond donors (Lipinski definition) is 0. The van der Waals surface area contributed by atoms with E-state index in [2.05, 4.69) is 6.92 Å². The van der Waals surface area contributed by atoms with E-state index < -0.39 is 5.63 Å². The van der Waals surface area contributed by atoms with Crippen molar-refractivity contribution in [3.05, 3.63) is 41.1 Å². The fraction of sp³-hybridized carbons (Fsp3) is 0.167. The normalized spacial score (nSPS) is 10.4. The van der Waals surface area contributed by atoms with Gasteiger partial charge >= 0.3 is 5.63 Å². The summed E-state index contributed by atoms with van der Waals surface area (Å²) < 4.78 is 15.3. The van der Waals surface area contributed by atoms with Crippen molar-refractivity contribution in [2.75, 3.05) is 14.2 Å². The highest BCUT2D eigenvalue weighted by atomic mass is 16.5. The summed E-state index contributed by atoms with van der Waals surface area (Å²) in [6, 6.07) is 4.69. The Hall–Kier alpha value is -1.97. The molecule has 0 fully saturated rings. The summed E-state index contributed by atoms with van der Waals surface area (Å²) in [6.07, 6.45) is 0. The topological polar surface area (TPSA) is 48.7 Å². The molecule has 2 rings (SSSR count). The molecule has 0 aliphatic rings. The van der Waals surface area contributed by atoms with E-state index in [1.54, 1.807) is 19.2 Å². The Kier molecular flexibility index (Phi) is 2.56. The second kappa shape index (κ2) is 3.89. The number of hydrogen-bond acceptors (Lipinski definition) is 4. The van der Waals surface area contributed by atoms with Gasteiger partial charge in [0.05, 0.1) is 14.2 Å². The number of benzene rings is 1. The maximum Gasteiger partial charge on any atom is 0.336 e. The minimum Gasteiger partial charge on any atom is -0.493 e. The van der Waals surface area contributed by atoms with Crippen molar-refractivity contribution in [3.63, 3.8) is 0 Å². The molecule has 0 bridgehead atoms. The van der Waals surface area contributed by atoms with Gasteiger partial charge in [-0.15, -0.1) is 0 Å². The van der Waals surface area contributed by atoms with Crippen LogP contribution < -0.4 is 15.1 Å². The molecule has 0 aliphatic heterocycles. The lowest BCUT2D eigenvalue weighted by atomic mass is 10.1. The van der Waals surface area contributed by atoms with E-state index in [-0.39, 0.29) is 0 Å². The van der Waals surface area contributed by atoms with E-state index in [1.807, 2.05) is 0 Å². The van der Waals surface area contributed by atoms with Gasteiger partial charge in [-0.25, -0.2) is 4.79 Å². The summed E-state index contributed by atoms with van der Waals surface area (Å²) in [5, 5.41) is 0.734. The summed E-state index contributed by atoms with van der Waals surface area (Å²) in [6.45, 7) is 3.78. The largest absolute Gasteiger partial charge is 0.493 e. The van der Waals surface area contributed by atoms with E-state index in [1.165, 1.54) is 13.2 Å². The molecule has 1 aromatic carbocycles. The van der Waals surface area contributed by atoms with Crippen molar-refractivity contribution in [1.82, 2.24) is 0 Å². The molecule has 1 heterocycles. The van der Waals surface area contributed by atoms with Gasteiger partial charge in [0.25, 0.3) is 0 Å². The van der Waals surface area contributed by atoms with Gasteiger partial charge in [-0.3, -0.25) is 0 Å². The van der Waals surface area contributed by atoms with E-state index in [0.717, 1.165) is 5.39 Å². The summed E-state index contributed by atoms with van der Waals surface area (Å²) in [7, 11) is 3.07. The first-order valence-electron chi connectivity index (χ1n) is 4.67. The lowest BCUT2D eigenvalue weighted by Gasteiger charge is -2.09. The molecule has 0 atom stereocenters. The van der Waals surface area contributed by atoms with Crippen molar-refractivity contribution in [3.8, 4) is 11.5 Å². The average molecular weight is 219 g/mol. The smallest absolute Gasteiger partial charge is 0.336 e. The third-order valence-corrected chi connectivity index (χ3v) is 2.33. The predicted octanol–water partition coefficient (Wildman–Crippen LogP) is 1.99. The van der Waals surface area contributed by atoms with Crippen LogP contribution in [-0.4, -0.2) is 14.2 Å². The zero-order valence-corrected chi connectivity index (χ0v) is 9.07. The van der Waals surface area contributed by atoms with Crippen LogP contribution in [0.4, 0.5) is 0 Å². The maximum atomic E-state index is 11.2. The van der Waals surface area contributed by atoms with Gasteiger partial charge in [0.2, 0.25) is 0 Å². The van der Waals surface area contributed by atoms with E-state index in [9.17, 15) is 4.79 Å². The Balaban J connectivity index is 2.83. The van der Waals surface area contributed by atoms with Crippen molar-refractivity contribution in [2.24, 2.45) is 0 Å². The SMILES string of the molecule is [CH2]c1cc(=O)oc2cc(OC)c(OC)cc12. The van der Waals surface area contributed by atoms with Crippen molar-refractivity contribution in [1.29, 1.82) is 0 Å². The quantitative estimate of drug-likeness (QED) is 0.725. The number of methoxy groups -OCH3 is 2. The zero-order valence-electron chi connectivity index (χ0n) is 9.07. The summed E-state index contributed by atoms with van der Waals surface area (Å²) >= 11 is 0. The lowest BCUT2D eigenvalue weighted by Crippen LogP contribution is -1.99. The van der Waals surface area contributed by atoms with Gasteiger partial charge in [0, 0.05) is 17.5 Å². The van der Waals surface area contributed by atoms with Crippen LogP contribution in [0.1, 0.15) is 5.56 Å². The van der Waals surface area contributed by atoms with Gasteiger partial charge in [-0.05, 0) is 18.6 Å². The molecular formula is C12H11O4. The molecule has 0 amide bonds. The fourth-order valence-corrected chi connectivity index (χ4v) is 1.55. The van der Waals surface area contributed by atoms with Crippen LogP contribution >= 0.6 is 0 Å². The first-order chi connectivity index (χ1) is 7.65. The molecular weight excluding hydrogens is 208 g/mol. The minimum absolute atomic E-state index is 0.426. The molecule has 1 radical (unpaired) electrons. The highest BCUT2D eigenvalue weighted by molar-refractivity contribution is 5.84. The van der Waals surface area contributed by atoms with Gasteiger partial charge in [-0.1, -0.05) is 0 Å². The Bertz CT molecular complexity index is 583. The van der Waals surface area contributed by atoms with Crippen LogP contribution in [0.2, 0.25) is 0 Å².